The number of tetrazole rings is 1. The molecule has 2 aromatic carbocycles. The first-order valence-electron chi connectivity index (χ1n) is 9.63. The average molecular weight is 427 g/mol. The number of para-hydroxylation sites is 2. The Bertz CT molecular complexity index is 974. The van der Waals surface area contributed by atoms with Gasteiger partial charge in [0.15, 0.2) is 0 Å². The summed E-state index contributed by atoms with van der Waals surface area (Å²) in [5, 5.41) is 12.4. The molecule has 0 radical (unpaired) electrons. The monoisotopic (exact) mass is 426 g/mol. The van der Waals surface area contributed by atoms with Gasteiger partial charge in [-0.25, -0.2) is 0 Å². The van der Waals surface area contributed by atoms with Crippen molar-refractivity contribution in [3.8, 4) is 11.4 Å². The highest BCUT2D eigenvalue weighted by Crippen LogP contribution is 2.26. The lowest BCUT2D eigenvalue weighted by atomic mass is 10.2. The molecule has 0 spiro atoms. The third-order valence-electron chi connectivity index (χ3n) is 4.46. The van der Waals surface area contributed by atoms with E-state index in [2.05, 4.69) is 15.5 Å². The standard InChI is InChI=1S/C21H26N6O2S/c1-5-29-19-9-7-6-8-18(19)27-21(22-23-24-27)30-15-20(28)26(4)14-16-10-12-17(13-11-16)25(2)3/h6-13H,5,14-15H2,1-4H3. The normalized spacial score (nSPS) is 10.7. The molecular formula is C21H26N6O2S. The van der Waals surface area contributed by atoms with Gasteiger partial charge in [0.25, 0.3) is 0 Å². The van der Waals surface area contributed by atoms with Crippen molar-refractivity contribution in [3.63, 3.8) is 0 Å². The lowest BCUT2D eigenvalue weighted by Gasteiger charge is -2.18. The maximum absolute atomic E-state index is 12.6. The zero-order valence-electron chi connectivity index (χ0n) is 17.6. The number of aromatic nitrogens is 4. The first kappa shape index (κ1) is 21.6. The summed E-state index contributed by atoms with van der Waals surface area (Å²) in [5.41, 5.74) is 2.95. The first-order valence-corrected chi connectivity index (χ1v) is 10.6. The Morgan fingerprint density at radius 3 is 2.53 bits per heavy atom. The molecule has 8 nitrogen and oxygen atoms in total. The Labute approximate surface area is 180 Å². The zero-order valence-corrected chi connectivity index (χ0v) is 18.5. The number of hydrogen-bond acceptors (Lipinski definition) is 7. The van der Waals surface area contributed by atoms with Crippen molar-refractivity contribution >= 4 is 23.4 Å². The maximum Gasteiger partial charge on any atom is 0.233 e. The minimum atomic E-state index is 0.00401. The highest BCUT2D eigenvalue weighted by molar-refractivity contribution is 7.99. The van der Waals surface area contributed by atoms with Crippen LogP contribution in [0.5, 0.6) is 5.75 Å². The lowest BCUT2D eigenvalue weighted by Crippen LogP contribution is -2.28. The van der Waals surface area contributed by atoms with Crippen molar-refractivity contribution < 1.29 is 9.53 Å². The van der Waals surface area contributed by atoms with Crippen LogP contribution in [0, 0.1) is 0 Å². The van der Waals surface area contributed by atoms with Crippen LogP contribution in [-0.2, 0) is 11.3 Å². The molecule has 0 unspecified atom stereocenters. The summed E-state index contributed by atoms with van der Waals surface area (Å²) >= 11 is 1.30. The van der Waals surface area contributed by atoms with Crippen LogP contribution in [0.3, 0.4) is 0 Å². The molecule has 1 aromatic heterocycles. The van der Waals surface area contributed by atoms with Gasteiger partial charge in [-0.1, -0.05) is 36.0 Å². The van der Waals surface area contributed by atoms with E-state index in [0.29, 0.717) is 24.1 Å². The van der Waals surface area contributed by atoms with Crippen LogP contribution in [0.25, 0.3) is 5.69 Å². The number of nitrogens with zero attached hydrogens (tertiary/aromatic N) is 6. The molecule has 158 valence electrons. The molecule has 3 rings (SSSR count). The van der Waals surface area contributed by atoms with E-state index in [0.717, 1.165) is 16.9 Å². The molecule has 0 aliphatic carbocycles. The third kappa shape index (κ3) is 5.29. The largest absolute Gasteiger partial charge is 0.492 e. The van der Waals surface area contributed by atoms with E-state index >= 15 is 0 Å². The number of rotatable bonds is 9. The smallest absolute Gasteiger partial charge is 0.233 e. The van der Waals surface area contributed by atoms with Gasteiger partial charge in [-0.2, -0.15) is 4.68 Å². The van der Waals surface area contributed by atoms with Crippen LogP contribution >= 0.6 is 11.8 Å². The molecule has 0 fully saturated rings. The van der Waals surface area contributed by atoms with Gasteiger partial charge in [-0.05, 0) is 47.2 Å². The van der Waals surface area contributed by atoms with Crippen molar-refractivity contribution in [1.82, 2.24) is 25.1 Å². The van der Waals surface area contributed by atoms with E-state index in [9.17, 15) is 4.79 Å². The van der Waals surface area contributed by atoms with Gasteiger partial charge >= 0.3 is 0 Å². The molecule has 30 heavy (non-hydrogen) atoms. The number of carbonyl (C=O) groups excluding carboxylic acids is 1. The van der Waals surface area contributed by atoms with Crippen LogP contribution in [-0.4, -0.2) is 64.5 Å². The van der Waals surface area contributed by atoms with E-state index in [4.69, 9.17) is 4.74 Å². The quantitative estimate of drug-likeness (QED) is 0.487. The van der Waals surface area contributed by atoms with Crippen molar-refractivity contribution in [2.75, 3.05) is 38.4 Å². The fourth-order valence-corrected chi connectivity index (χ4v) is 3.65. The number of carbonyl (C=O) groups is 1. The van der Waals surface area contributed by atoms with Gasteiger partial charge in [0.2, 0.25) is 11.1 Å². The van der Waals surface area contributed by atoms with Gasteiger partial charge in [0.05, 0.1) is 12.4 Å². The lowest BCUT2D eigenvalue weighted by molar-refractivity contribution is -0.127. The summed E-state index contributed by atoms with van der Waals surface area (Å²) in [5.74, 6) is 0.937. The van der Waals surface area contributed by atoms with Crippen LogP contribution in [0.2, 0.25) is 0 Å². The molecule has 0 N–H and O–H groups in total. The number of benzene rings is 2. The highest BCUT2D eigenvalue weighted by Gasteiger charge is 2.16. The first-order chi connectivity index (χ1) is 14.5. The molecule has 0 bridgehead atoms. The Morgan fingerprint density at radius 1 is 1.10 bits per heavy atom. The van der Waals surface area contributed by atoms with Gasteiger partial charge in [0, 0.05) is 33.4 Å². The van der Waals surface area contributed by atoms with E-state index in [1.807, 2.05) is 74.4 Å². The summed E-state index contributed by atoms with van der Waals surface area (Å²) < 4.78 is 7.27. The number of thioether (sulfide) groups is 1. The van der Waals surface area contributed by atoms with E-state index < -0.39 is 0 Å². The summed E-state index contributed by atoms with van der Waals surface area (Å²) in [6.07, 6.45) is 0. The molecule has 3 aromatic rings. The molecule has 1 heterocycles. The summed E-state index contributed by atoms with van der Waals surface area (Å²) in [7, 11) is 5.81. The van der Waals surface area contributed by atoms with Gasteiger partial charge in [0.1, 0.15) is 11.4 Å². The van der Waals surface area contributed by atoms with E-state index in [1.54, 1.807) is 16.6 Å². The fourth-order valence-electron chi connectivity index (χ4n) is 2.83. The predicted molar refractivity (Wildman–Crippen MR) is 118 cm³/mol. The van der Waals surface area contributed by atoms with Crippen molar-refractivity contribution in [1.29, 1.82) is 0 Å². The average Bonchev–Trinajstić information content (AvgIpc) is 3.21. The molecular weight excluding hydrogens is 400 g/mol. The van der Waals surface area contributed by atoms with Crippen LogP contribution < -0.4 is 9.64 Å². The number of hydrogen-bond donors (Lipinski definition) is 0. The minimum Gasteiger partial charge on any atom is -0.492 e. The molecule has 0 atom stereocenters. The summed E-state index contributed by atoms with van der Waals surface area (Å²) in [6.45, 7) is 3.01. The number of anilines is 1. The second-order valence-electron chi connectivity index (χ2n) is 6.87. The Kier molecular flexibility index (Phi) is 7.29. The summed E-state index contributed by atoms with van der Waals surface area (Å²) in [4.78, 5) is 16.4. The molecule has 9 heteroatoms. The Balaban J connectivity index is 1.62. The molecule has 0 saturated carbocycles. The van der Waals surface area contributed by atoms with E-state index in [1.165, 1.54) is 11.8 Å². The van der Waals surface area contributed by atoms with Crippen LogP contribution in [0.4, 0.5) is 5.69 Å². The summed E-state index contributed by atoms with van der Waals surface area (Å²) in [6, 6.07) is 15.7. The molecule has 0 aliphatic rings. The minimum absolute atomic E-state index is 0.00401. The van der Waals surface area contributed by atoms with Crippen molar-refractivity contribution in [2.24, 2.45) is 0 Å². The topological polar surface area (TPSA) is 76.4 Å². The Morgan fingerprint density at radius 2 is 1.83 bits per heavy atom. The van der Waals surface area contributed by atoms with Gasteiger partial charge < -0.3 is 14.5 Å². The molecule has 1 amide bonds. The van der Waals surface area contributed by atoms with Gasteiger partial charge in [-0.3, -0.25) is 4.79 Å². The van der Waals surface area contributed by atoms with Gasteiger partial charge in [-0.15, -0.1) is 5.10 Å². The third-order valence-corrected chi connectivity index (χ3v) is 5.36. The molecule has 0 saturated heterocycles. The second kappa shape index (κ2) is 10.1. The predicted octanol–water partition coefficient (Wildman–Crippen LogP) is 2.88. The fraction of sp³-hybridized carbons (Fsp3) is 0.333. The van der Waals surface area contributed by atoms with Crippen LogP contribution in [0.15, 0.2) is 53.7 Å². The highest BCUT2D eigenvalue weighted by atomic mass is 32.2. The zero-order chi connectivity index (χ0) is 21.5. The SMILES string of the molecule is CCOc1ccccc1-n1nnnc1SCC(=O)N(C)Cc1ccc(N(C)C)cc1. The van der Waals surface area contributed by atoms with Crippen molar-refractivity contribution in [3.05, 3.63) is 54.1 Å². The van der Waals surface area contributed by atoms with Crippen molar-refractivity contribution in [2.45, 2.75) is 18.6 Å². The Hall–Kier alpha value is -3.07. The molecule has 0 aliphatic heterocycles. The van der Waals surface area contributed by atoms with Crippen LogP contribution in [0.1, 0.15) is 12.5 Å². The maximum atomic E-state index is 12.6. The van der Waals surface area contributed by atoms with E-state index in [-0.39, 0.29) is 11.7 Å². The number of amides is 1. The second-order valence-corrected chi connectivity index (χ2v) is 7.82. The number of ether oxygens (including phenoxy) is 1.